The van der Waals surface area contributed by atoms with Crippen molar-refractivity contribution >= 4 is 28.3 Å². The number of hydrogen-bond acceptors (Lipinski definition) is 5. The Morgan fingerprint density at radius 1 is 1.17 bits per heavy atom. The number of nitrogens with zero attached hydrogens (tertiary/aromatic N) is 2. The summed E-state index contributed by atoms with van der Waals surface area (Å²) in [7, 11) is 0. The number of rotatable bonds is 5. The molecule has 0 aliphatic heterocycles. The molecule has 0 aliphatic rings. The topological polar surface area (TPSA) is 110 Å². The lowest BCUT2D eigenvalue weighted by Gasteiger charge is -2.14. The summed E-state index contributed by atoms with van der Waals surface area (Å²) in [5, 5.41) is 8.18. The Bertz CT molecular complexity index is 1250. The number of nitrogen functional groups attached to an aromatic ring is 1. The van der Waals surface area contributed by atoms with Gasteiger partial charge in [-0.3, -0.25) is 5.10 Å². The van der Waals surface area contributed by atoms with E-state index in [2.05, 4.69) is 34.0 Å². The molecule has 0 radical (unpaired) electrons. The monoisotopic (exact) mass is 409 g/mol. The lowest BCUT2D eigenvalue weighted by Crippen LogP contribution is -2.12. The van der Waals surface area contributed by atoms with Gasteiger partial charge in [0.15, 0.2) is 5.82 Å². The molecular weight excluding hydrogens is 390 g/mol. The summed E-state index contributed by atoms with van der Waals surface area (Å²) in [4.78, 5) is 19.2. The van der Waals surface area contributed by atoms with Crippen LogP contribution in [0, 0.1) is 5.92 Å². The molecule has 0 fully saturated rings. The molecule has 2 heterocycles. The average molecular weight is 410 g/mol. The standard InChI is InChI=1S/C21H20ClN5O2/c1-11(2)10-29-19-6-4-13(22)8-14(19)18-9-17(24-21(28)25-18)12-3-5-16-15(7-12)20(23)27-26-16/h3-9,11H,10H2,1-2H3,(H3,23,26,27)(H,24,25,28). The van der Waals surface area contributed by atoms with Crippen LogP contribution in [-0.2, 0) is 0 Å². The molecule has 7 nitrogen and oxygen atoms in total. The van der Waals surface area contributed by atoms with Crippen LogP contribution in [0.2, 0.25) is 5.02 Å². The number of aromatic nitrogens is 4. The largest absolute Gasteiger partial charge is 0.493 e. The Kier molecular flexibility index (Phi) is 4.98. The Labute approximate surface area is 171 Å². The van der Waals surface area contributed by atoms with E-state index in [-0.39, 0.29) is 0 Å². The molecule has 0 saturated carbocycles. The fourth-order valence-electron chi connectivity index (χ4n) is 3.04. The fraction of sp³-hybridized carbons (Fsp3) is 0.190. The van der Waals surface area contributed by atoms with E-state index in [0.29, 0.717) is 46.1 Å². The van der Waals surface area contributed by atoms with Crippen LogP contribution in [0.4, 0.5) is 5.82 Å². The van der Waals surface area contributed by atoms with Gasteiger partial charge in [-0.1, -0.05) is 31.5 Å². The molecule has 0 bridgehead atoms. The predicted molar refractivity (Wildman–Crippen MR) is 115 cm³/mol. The molecule has 0 unspecified atom stereocenters. The lowest BCUT2D eigenvalue weighted by atomic mass is 10.1. The fourth-order valence-corrected chi connectivity index (χ4v) is 3.21. The average Bonchev–Trinajstić information content (AvgIpc) is 3.06. The van der Waals surface area contributed by atoms with E-state index in [1.807, 2.05) is 18.2 Å². The zero-order valence-electron chi connectivity index (χ0n) is 16.0. The van der Waals surface area contributed by atoms with E-state index in [9.17, 15) is 4.79 Å². The molecule has 148 valence electrons. The third kappa shape index (κ3) is 3.95. The van der Waals surface area contributed by atoms with Crippen molar-refractivity contribution in [3.05, 3.63) is 58.0 Å². The summed E-state index contributed by atoms with van der Waals surface area (Å²) in [6.45, 7) is 4.69. The molecule has 8 heteroatoms. The normalized spacial score (nSPS) is 11.3. The van der Waals surface area contributed by atoms with Crippen molar-refractivity contribution in [1.82, 2.24) is 20.2 Å². The van der Waals surface area contributed by atoms with E-state index in [1.165, 1.54) is 0 Å². The number of ether oxygens (including phenoxy) is 1. The zero-order chi connectivity index (χ0) is 20.5. The minimum absolute atomic E-state index is 0.359. The molecule has 0 spiro atoms. The predicted octanol–water partition coefficient (Wildman–Crippen LogP) is 4.25. The number of halogens is 1. The van der Waals surface area contributed by atoms with Gasteiger partial charge in [-0.15, -0.1) is 0 Å². The van der Waals surface area contributed by atoms with Gasteiger partial charge in [0.25, 0.3) is 0 Å². The second kappa shape index (κ2) is 7.60. The Morgan fingerprint density at radius 3 is 2.79 bits per heavy atom. The van der Waals surface area contributed by atoms with Crippen molar-refractivity contribution in [2.45, 2.75) is 13.8 Å². The van der Waals surface area contributed by atoms with Crippen LogP contribution in [0.5, 0.6) is 5.75 Å². The first-order valence-electron chi connectivity index (χ1n) is 9.19. The number of benzene rings is 2. The smallest absolute Gasteiger partial charge is 0.345 e. The highest BCUT2D eigenvalue weighted by atomic mass is 35.5. The third-order valence-corrected chi connectivity index (χ3v) is 4.67. The maximum absolute atomic E-state index is 12.3. The SMILES string of the molecule is CC(C)COc1ccc(Cl)cc1-c1cc(-c2ccc3[nH]nc(N)c3c2)nc(=O)[nH]1. The number of nitrogens with one attached hydrogen (secondary N) is 2. The highest BCUT2D eigenvalue weighted by Crippen LogP contribution is 2.33. The first kappa shape index (κ1) is 19.0. The van der Waals surface area contributed by atoms with Gasteiger partial charge in [0, 0.05) is 21.5 Å². The number of fused-ring (bicyclic) bond motifs is 1. The highest BCUT2D eigenvalue weighted by Gasteiger charge is 2.13. The molecule has 0 atom stereocenters. The van der Waals surface area contributed by atoms with Crippen molar-refractivity contribution < 1.29 is 4.74 Å². The third-order valence-electron chi connectivity index (χ3n) is 4.44. The minimum atomic E-state index is -0.465. The Balaban J connectivity index is 1.82. The van der Waals surface area contributed by atoms with Crippen LogP contribution in [0.3, 0.4) is 0 Å². The van der Waals surface area contributed by atoms with Crippen molar-refractivity contribution in [3.63, 3.8) is 0 Å². The number of aromatic amines is 2. The summed E-state index contributed by atoms with van der Waals surface area (Å²) in [6.07, 6.45) is 0. The molecule has 2 aromatic carbocycles. The first-order valence-corrected chi connectivity index (χ1v) is 9.56. The van der Waals surface area contributed by atoms with Crippen LogP contribution in [0.1, 0.15) is 13.8 Å². The van der Waals surface area contributed by atoms with Gasteiger partial charge in [0.05, 0.1) is 23.5 Å². The van der Waals surface area contributed by atoms with Gasteiger partial charge >= 0.3 is 5.69 Å². The maximum Gasteiger partial charge on any atom is 0.345 e. The van der Waals surface area contributed by atoms with Gasteiger partial charge in [-0.2, -0.15) is 10.1 Å². The highest BCUT2D eigenvalue weighted by molar-refractivity contribution is 6.31. The minimum Gasteiger partial charge on any atom is -0.493 e. The van der Waals surface area contributed by atoms with Crippen molar-refractivity contribution in [2.24, 2.45) is 5.92 Å². The number of nitrogens with two attached hydrogens (primary N) is 1. The molecule has 4 aromatic rings. The summed E-state index contributed by atoms with van der Waals surface area (Å²) >= 11 is 6.21. The Morgan fingerprint density at radius 2 is 2.00 bits per heavy atom. The molecule has 0 aliphatic carbocycles. The molecule has 4 N–H and O–H groups in total. The quantitative estimate of drug-likeness (QED) is 0.456. The lowest BCUT2D eigenvalue weighted by molar-refractivity contribution is 0.272. The molecule has 4 rings (SSSR count). The van der Waals surface area contributed by atoms with E-state index in [0.717, 1.165) is 16.5 Å². The number of anilines is 1. The summed E-state index contributed by atoms with van der Waals surface area (Å²) in [5.41, 5.74) is 8.79. The van der Waals surface area contributed by atoms with Crippen LogP contribution < -0.4 is 16.2 Å². The van der Waals surface area contributed by atoms with Gasteiger partial charge in [-0.05, 0) is 42.3 Å². The van der Waals surface area contributed by atoms with Crippen LogP contribution in [-0.4, -0.2) is 26.8 Å². The van der Waals surface area contributed by atoms with Crippen molar-refractivity contribution in [3.8, 4) is 28.3 Å². The molecule has 2 aromatic heterocycles. The van der Waals surface area contributed by atoms with Crippen LogP contribution in [0.15, 0.2) is 47.3 Å². The summed E-state index contributed by atoms with van der Waals surface area (Å²) < 4.78 is 5.93. The second-order valence-corrected chi connectivity index (χ2v) is 7.64. The van der Waals surface area contributed by atoms with E-state index in [1.54, 1.807) is 24.3 Å². The van der Waals surface area contributed by atoms with Gasteiger partial charge < -0.3 is 15.5 Å². The van der Waals surface area contributed by atoms with Crippen molar-refractivity contribution in [2.75, 3.05) is 12.3 Å². The maximum atomic E-state index is 12.3. The summed E-state index contributed by atoms with van der Waals surface area (Å²) in [6, 6.07) is 12.7. The first-order chi connectivity index (χ1) is 13.9. The van der Waals surface area contributed by atoms with E-state index >= 15 is 0 Å². The molecular formula is C21H20ClN5O2. The van der Waals surface area contributed by atoms with Gasteiger partial charge in [0.2, 0.25) is 0 Å². The molecule has 0 amide bonds. The van der Waals surface area contributed by atoms with Crippen LogP contribution >= 0.6 is 11.6 Å². The molecule has 29 heavy (non-hydrogen) atoms. The number of hydrogen-bond donors (Lipinski definition) is 3. The summed E-state index contributed by atoms with van der Waals surface area (Å²) in [5.74, 6) is 1.40. The zero-order valence-corrected chi connectivity index (χ0v) is 16.7. The van der Waals surface area contributed by atoms with Crippen molar-refractivity contribution in [1.29, 1.82) is 0 Å². The van der Waals surface area contributed by atoms with Gasteiger partial charge in [-0.25, -0.2) is 4.79 Å². The Hall–Kier alpha value is -3.32. The van der Waals surface area contributed by atoms with Crippen LogP contribution in [0.25, 0.3) is 33.4 Å². The molecule has 0 saturated heterocycles. The number of H-pyrrole nitrogens is 2. The van der Waals surface area contributed by atoms with E-state index < -0.39 is 5.69 Å². The second-order valence-electron chi connectivity index (χ2n) is 7.20. The van der Waals surface area contributed by atoms with Gasteiger partial charge in [0.1, 0.15) is 5.75 Å². The van der Waals surface area contributed by atoms with E-state index in [4.69, 9.17) is 22.1 Å².